The van der Waals surface area contributed by atoms with Gasteiger partial charge in [0.2, 0.25) is 0 Å². The first-order valence-electron chi connectivity index (χ1n) is 5.65. The normalized spacial score (nSPS) is 10.3. The summed E-state index contributed by atoms with van der Waals surface area (Å²) in [4.78, 5) is 15.0. The molecule has 0 unspecified atom stereocenters. The molecule has 0 heterocycles. The van der Waals surface area contributed by atoms with Crippen molar-refractivity contribution in [3.63, 3.8) is 0 Å². The molecule has 0 N–H and O–H groups in total. The molecule has 100 valence electrons. The Bertz CT molecular complexity index is 417. The molecule has 1 amide bonds. The van der Waals surface area contributed by atoms with E-state index in [2.05, 4.69) is 0 Å². The highest BCUT2D eigenvalue weighted by Gasteiger charge is 2.12. The highest BCUT2D eigenvalue weighted by atomic mass is 16.6. The summed E-state index contributed by atoms with van der Waals surface area (Å²) in [6.07, 6.45) is -0.400. The van der Waals surface area contributed by atoms with Gasteiger partial charge in [0.25, 0.3) is 0 Å². The molecule has 0 aliphatic rings. The smallest absolute Gasteiger partial charge is 0.414 e. The predicted molar refractivity (Wildman–Crippen MR) is 70.1 cm³/mol. The van der Waals surface area contributed by atoms with Crippen LogP contribution in [0.1, 0.15) is 5.56 Å². The van der Waals surface area contributed by atoms with Crippen LogP contribution in [0.2, 0.25) is 0 Å². The second-order valence-corrected chi connectivity index (χ2v) is 4.47. The molecule has 0 bridgehead atoms. The van der Waals surface area contributed by atoms with Crippen LogP contribution >= 0.6 is 0 Å². The van der Waals surface area contributed by atoms with Crippen LogP contribution in [0.3, 0.4) is 0 Å². The topological polar surface area (TPSA) is 42.0 Å². The predicted octanol–water partition coefficient (Wildman–Crippen LogP) is 1.82. The lowest BCUT2D eigenvalue weighted by atomic mass is 10.2. The molecule has 1 aromatic rings. The molecule has 0 aromatic heterocycles. The number of ether oxygens (including phenoxy) is 2. The van der Waals surface area contributed by atoms with Crippen LogP contribution in [-0.4, -0.2) is 51.2 Å². The Morgan fingerprint density at radius 3 is 2.39 bits per heavy atom. The lowest BCUT2D eigenvalue weighted by Crippen LogP contribution is -2.26. The van der Waals surface area contributed by atoms with E-state index in [9.17, 15) is 4.79 Å². The Labute approximate surface area is 108 Å². The Kier molecular flexibility index (Phi) is 4.97. The van der Waals surface area contributed by atoms with Crippen LogP contribution in [0.25, 0.3) is 0 Å². The third-order valence-electron chi connectivity index (χ3n) is 2.32. The number of amides is 1. The number of nitrogens with zero attached hydrogens (tertiary/aromatic N) is 2. The van der Waals surface area contributed by atoms with Crippen LogP contribution < -0.4 is 9.47 Å². The Morgan fingerprint density at radius 2 is 1.89 bits per heavy atom. The monoisotopic (exact) mass is 252 g/mol. The average molecular weight is 252 g/mol. The zero-order valence-electron chi connectivity index (χ0n) is 11.6. The third kappa shape index (κ3) is 3.92. The molecular formula is C13H20N2O3. The fourth-order valence-corrected chi connectivity index (χ4v) is 1.41. The average Bonchev–Trinajstić information content (AvgIpc) is 2.30. The van der Waals surface area contributed by atoms with Gasteiger partial charge >= 0.3 is 6.09 Å². The third-order valence-corrected chi connectivity index (χ3v) is 2.32. The van der Waals surface area contributed by atoms with Crippen molar-refractivity contribution in [3.05, 3.63) is 23.8 Å². The molecular weight excluding hydrogens is 232 g/mol. The Morgan fingerprint density at radius 1 is 1.22 bits per heavy atom. The van der Waals surface area contributed by atoms with Gasteiger partial charge in [-0.3, -0.25) is 0 Å². The van der Waals surface area contributed by atoms with E-state index in [0.29, 0.717) is 18.0 Å². The molecule has 0 atom stereocenters. The van der Waals surface area contributed by atoms with Gasteiger partial charge in [-0.15, -0.1) is 0 Å². The summed E-state index contributed by atoms with van der Waals surface area (Å²) in [7, 11) is 8.80. The van der Waals surface area contributed by atoms with Crippen molar-refractivity contribution < 1.29 is 14.3 Å². The van der Waals surface area contributed by atoms with Crippen LogP contribution in [0.5, 0.6) is 11.5 Å². The van der Waals surface area contributed by atoms with Crippen molar-refractivity contribution in [2.75, 3.05) is 35.3 Å². The number of carbonyl (C=O) groups excluding carboxylic acids is 1. The first-order chi connectivity index (χ1) is 8.43. The summed E-state index contributed by atoms with van der Waals surface area (Å²) in [6.45, 7) is 0.694. The van der Waals surface area contributed by atoms with Gasteiger partial charge in [0.05, 0.1) is 7.11 Å². The summed E-state index contributed by atoms with van der Waals surface area (Å²) in [5, 5.41) is 0. The molecule has 18 heavy (non-hydrogen) atoms. The van der Waals surface area contributed by atoms with E-state index < -0.39 is 6.09 Å². The van der Waals surface area contributed by atoms with E-state index in [-0.39, 0.29) is 0 Å². The summed E-state index contributed by atoms with van der Waals surface area (Å²) >= 11 is 0. The number of methoxy groups -OCH3 is 1. The van der Waals surface area contributed by atoms with Gasteiger partial charge in [-0.25, -0.2) is 4.79 Å². The van der Waals surface area contributed by atoms with Crippen molar-refractivity contribution in [3.8, 4) is 11.5 Å². The molecule has 0 radical (unpaired) electrons. The van der Waals surface area contributed by atoms with Gasteiger partial charge in [-0.05, 0) is 20.2 Å². The molecule has 0 spiro atoms. The minimum atomic E-state index is -0.400. The van der Waals surface area contributed by atoms with Gasteiger partial charge in [0.1, 0.15) is 11.5 Å². The van der Waals surface area contributed by atoms with E-state index in [1.165, 1.54) is 4.90 Å². The second kappa shape index (κ2) is 6.26. The van der Waals surface area contributed by atoms with E-state index in [0.717, 1.165) is 5.56 Å². The molecule has 1 aromatic carbocycles. The Balaban J connectivity index is 2.99. The zero-order chi connectivity index (χ0) is 13.7. The lowest BCUT2D eigenvalue weighted by molar-refractivity contribution is 0.171. The van der Waals surface area contributed by atoms with Gasteiger partial charge in [-0.2, -0.15) is 0 Å². The quantitative estimate of drug-likeness (QED) is 0.819. The van der Waals surface area contributed by atoms with Crippen molar-refractivity contribution in [1.29, 1.82) is 0 Å². The molecule has 0 saturated carbocycles. The summed E-state index contributed by atoms with van der Waals surface area (Å²) in [6, 6.07) is 5.48. The highest BCUT2D eigenvalue weighted by molar-refractivity contribution is 5.70. The van der Waals surface area contributed by atoms with E-state index in [1.54, 1.807) is 27.3 Å². The maximum absolute atomic E-state index is 11.6. The van der Waals surface area contributed by atoms with E-state index in [1.807, 2.05) is 31.1 Å². The fourth-order valence-electron chi connectivity index (χ4n) is 1.41. The Hall–Kier alpha value is -1.75. The fraction of sp³-hybridized carbons (Fsp3) is 0.462. The number of benzene rings is 1. The molecule has 0 aliphatic heterocycles. The largest absolute Gasteiger partial charge is 0.497 e. The van der Waals surface area contributed by atoms with E-state index >= 15 is 0 Å². The number of hydrogen-bond donors (Lipinski definition) is 0. The van der Waals surface area contributed by atoms with Crippen molar-refractivity contribution in [2.45, 2.75) is 6.54 Å². The molecule has 0 fully saturated rings. The van der Waals surface area contributed by atoms with Crippen LogP contribution in [0.4, 0.5) is 4.79 Å². The highest BCUT2D eigenvalue weighted by Crippen LogP contribution is 2.26. The summed E-state index contributed by atoms with van der Waals surface area (Å²) in [5.41, 5.74) is 0.941. The second-order valence-electron chi connectivity index (χ2n) is 4.47. The molecule has 5 nitrogen and oxygen atoms in total. The first kappa shape index (κ1) is 14.3. The minimum absolute atomic E-state index is 0.400. The standard InChI is InChI=1S/C13H20N2O3/c1-14(2)9-10-6-7-11(17-5)8-12(10)18-13(16)15(3)4/h6-8H,9H2,1-5H3. The van der Waals surface area contributed by atoms with Crippen molar-refractivity contribution >= 4 is 6.09 Å². The zero-order valence-corrected chi connectivity index (χ0v) is 11.6. The number of hydrogen-bond acceptors (Lipinski definition) is 4. The molecule has 1 rings (SSSR count). The van der Waals surface area contributed by atoms with Crippen molar-refractivity contribution in [2.24, 2.45) is 0 Å². The van der Waals surface area contributed by atoms with Crippen LogP contribution in [0, 0.1) is 0 Å². The summed E-state index contributed by atoms with van der Waals surface area (Å²) < 4.78 is 10.5. The van der Waals surface area contributed by atoms with Crippen LogP contribution in [0.15, 0.2) is 18.2 Å². The van der Waals surface area contributed by atoms with E-state index in [4.69, 9.17) is 9.47 Å². The lowest BCUT2D eigenvalue weighted by Gasteiger charge is -2.17. The summed E-state index contributed by atoms with van der Waals surface area (Å²) in [5.74, 6) is 1.20. The maximum Gasteiger partial charge on any atom is 0.414 e. The SMILES string of the molecule is COc1ccc(CN(C)C)c(OC(=O)N(C)C)c1. The van der Waals surface area contributed by atoms with Crippen molar-refractivity contribution in [1.82, 2.24) is 9.80 Å². The maximum atomic E-state index is 11.6. The van der Waals surface area contributed by atoms with Gasteiger partial charge in [-0.1, -0.05) is 6.07 Å². The van der Waals surface area contributed by atoms with Gasteiger partial charge in [0, 0.05) is 32.3 Å². The first-order valence-corrected chi connectivity index (χ1v) is 5.65. The molecule has 0 aliphatic carbocycles. The van der Waals surface area contributed by atoms with Crippen LogP contribution in [-0.2, 0) is 6.54 Å². The van der Waals surface area contributed by atoms with Gasteiger partial charge in [0.15, 0.2) is 0 Å². The number of carbonyl (C=O) groups is 1. The molecule has 0 saturated heterocycles. The minimum Gasteiger partial charge on any atom is -0.497 e. The van der Waals surface area contributed by atoms with Gasteiger partial charge < -0.3 is 19.3 Å². The number of rotatable bonds is 4. The molecule has 5 heteroatoms.